The Kier molecular flexibility index (Phi) is 5.86. The molecule has 0 radical (unpaired) electrons. The summed E-state index contributed by atoms with van der Waals surface area (Å²) in [6.45, 7) is 3.94. The standard InChI is InChI=1S/C15H25N3O4S3/c1-13-4-2-8-18(12-13)25(21,22)17-9-6-14(7-10-17)16-24(19,20)15-5-3-11-23-15/h3,5,11,13-14,16H,2,4,6-10,12H2,1H3. The lowest BCUT2D eigenvalue weighted by Gasteiger charge is -2.37. The fourth-order valence-corrected chi connectivity index (χ4v) is 7.53. The summed E-state index contributed by atoms with van der Waals surface area (Å²) in [6.07, 6.45) is 2.95. The first-order valence-electron chi connectivity index (χ1n) is 8.60. The van der Waals surface area contributed by atoms with Gasteiger partial charge in [0.2, 0.25) is 10.0 Å². The van der Waals surface area contributed by atoms with Gasteiger partial charge in [-0.1, -0.05) is 13.0 Å². The molecule has 0 amide bonds. The van der Waals surface area contributed by atoms with Crippen LogP contribution in [0, 0.1) is 5.92 Å². The average molecular weight is 408 g/mol. The lowest BCUT2D eigenvalue weighted by Crippen LogP contribution is -2.52. The molecule has 0 saturated carbocycles. The third kappa shape index (κ3) is 4.42. The highest BCUT2D eigenvalue weighted by Crippen LogP contribution is 2.24. The summed E-state index contributed by atoms with van der Waals surface area (Å²) >= 11 is 1.18. The molecule has 2 saturated heterocycles. The van der Waals surface area contributed by atoms with Gasteiger partial charge in [0.25, 0.3) is 10.2 Å². The van der Waals surface area contributed by atoms with Crippen LogP contribution in [0.15, 0.2) is 21.7 Å². The summed E-state index contributed by atoms with van der Waals surface area (Å²) in [6, 6.07) is 3.05. The largest absolute Gasteiger partial charge is 0.281 e. The number of nitrogens with one attached hydrogen (secondary N) is 1. The molecule has 2 fully saturated rings. The molecule has 1 atom stereocenters. The maximum atomic E-state index is 12.8. The molecule has 3 heterocycles. The van der Waals surface area contributed by atoms with E-state index < -0.39 is 20.2 Å². The van der Waals surface area contributed by atoms with E-state index in [0.717, 1.165) is 12.8 Å². The monoisotopic (exact) mass is 407 g/mol. The molecule has 7 nitrogen and oxygen atoms in total. The van der Waals surface area contributed by atoms with Crippen molar-refractivity contribution in [3.8, 4) is 0 Å². The summed E-state index contributed by atoms with van der Waals surface area (Å²) in [4.78, 5) is 0. The van der Waals surface area contributed by atoms with Crippen LogP contribution in [0.3, 0.4) is 0 Å². The molecule has 0 aliphatic carbocycles. The van der Waals surface area contributed by atoms with E-state index >= 15 is 0 Å². The van der Waals surface area contributed by atoms with Crippen LogP contribution in [-0.2, 0) is 20.2 Å². The summed E-state index contributed by atoms with van der Waals surface area (Å²) in [5, 5.41) is 1.73. The summed E-state index contributed by atoms with van der Waals surface area (Å²) < 4.78 is 56.2. The van der Waals surface area contributed by atoms with Crippen LogP contribution >= 0.6 is 11.3 Å². The van der Waals surface area contributed by atoms with Gasteiger partial charge in [-0.25, -0.2) is 13.1 Å². The van der Waals surface area contributed by atoms with E-state index in [4.69, 9.17) is 0 Å². The number of piperidine rings is 2. The molecule has 142 valence electrons. The molecule has 1 aromatic rings. The molecule has 2 aliphatic rings. The average Bonchev–Trinajstić information content (AvgIpc) is 3.10. The normalized spacial score (nSPS) is 25.2. The molecule has 0 bridgehead atoms. The van der Waals surface area contributed by atoms with E-state index in [-0.39, 0.29) is 6.04 Å². The van der Waals surface area contributed by atoms with Gasteiger partial charge in [-0.2, -0.15) is 17.0 Å². The molecule has 3 rings (SSSR count). The zero-order chi connectivity index (χ0) is 18.1. The second-order valence-corrected chi connectivity index (χ2v) is 11.7. The Morgan fingerprint density at radius 3 is 2.40 bits per heavy atom. The Morgan fingerprint density at radius 2 is 1.80 bits per heavy atom. The van der Waals surface area contributed by atoms with E-state index in [9.17, 15) is 16.8 Å². The van der Waals surface area contributed by atoms with Crippen molar-refractivity contribution >= 4 is 31.6 Å². The second kappa shape index (κ2) is 7.61. The summed E-state index contributed by atoms with van der Waals surface area (Å²) in [5.41, 5.74) is 0. The predicted molar refractivity (Wildman–Crippen MR) is 98.1 cm³/mol. The Hall–Kier alpha value is -0.520. The maximum absolute atomic E-state index is 12.8. The van der Waals surface area contributed by atoms with Crippen molar-refractivity contribution in [2.75, 3.05) is 26.2 Å². The molecule has 0 spiro atoms. The molecule has 10 heteroatoms. The Labute approximate surface area is 154 Å². The van der Waals surface area contributed by atoms with Crippen LogP contribution in [0.5, 0.6) is 0 Å². The van der Waals surface area contributed by atoms with Crippen molar-refractivity contribution in [1.82, 2.24) is 13.3 Å². The van der Waals surface area contributed by atoms with Crippen molar-refractivity contribution in [2.24, 2.45) is 5.92 Å². The minimum Gasteiger partial charge on any atom is -0.207 e. The molecular weight excluding hydrogens is 382 g/mol. The van der Waals surface area contributed by atoms with E-state index in [1.807, 2.05) is 0 Å². The molecule has 1 unspecified atom stereocenters. The van der Waals surface area contributed by atoms with Gasteiger partial charge in [0, 0.05) is 32.2 Å². The number of nitrogens with zero attached hydrogens (tertiary/aromatic N) is 2. The van der Waals surface area contributed by atoms with Gasteiger partial charge >= 0.3 is 0 Å². The number of thiophene rings is 1. The lowest BCUT2D eigenvalue weighted by molar-refractivity contribution is 0.240. The fourth-order valence-electron chi connectivity index (χ4n) is 3.42. The van der Waals surface area contributed by atoms with Gasteiger partial charge in [-0.05, 0) is 43.0 Å². The van der Waals surface area contributed by atoms with Crippen LogP contribution < -0.4 is 4.72 Å². The Morgan fingerprint density at radius 1 is 1.08 bits per heavy atom. The molecule has 1 N–H and O–H groups in total. The van der Waals surface area contributed by atoms with Gasteiger partial charge < -0.3 is 0 Å². The molecule has 1 aromatic heterocycles. The van der Waals surface area contributed by atoms with Gasteiger partial charge in [-0.15, -0.1) is 11.3 Å². The third-order valence-corrected chi connectivity index (χ3v) is 9.73. The van der Waals surface area contributed by atoms with Crippen LogP contribution in [-0.4, -0.2) is 57.7 Å². The number of hydrogen-bond donors (Lipinski definition) is 1. The minimum absolute atomic E-state index is 0.223. The van der Waals surface area contributed by atoms with Crippen molar-refractivity contribution in [1.29, 1.82) is 0 Å². The first-order chi connectivity index (χ1) is 11.8. The van der Waals surface area contributed by atoms with Gasteiger partial charge in [0.15, 0.2) is 0 Å². The fraction of sp³-hybridized carbons (Fsp3) is 0.733. The van der Waals surface area contributed by atoms with Crippen molar-refractivity contribution < 1.29 is 16.8 Å². The zero-order valence-electron chi connectivity index (χ0n) is 14.3. The van der Waals surface area contributed by atoms with Crippen LogP contribution in [0.2, 0.25) is 0 Å². The smallest absolute Gasteiger partial charge is 0.207 e. The first kappa shape index (κ1) is 19.2. The van der Waals surface area contributed by atoms with E-state index in [1.165, 1.54) is 15.6 Å². The van der Waals surface area contributed by atoms with E-state index in [0.29, 0.717) is 49.1 Å². The minimum atomic E-state index is -3.51. The van der Waals surface area contributed by atoms with Gasteiger partial charge in [-0.3, -0.25) is 0 Å². The predicted octanol–water partition coefficient (Wildman–Crippen LogP) is 1.47. The van der Waals surface area contributed by atoms with Crippen molar-refractivity contribution in [2.45, 2.75) is 42.9 Å². The first-order valence-corrected chi connectivity index (χ1v) is 12.4. The molecule has 2 aliphatic heterocycles. The SMILES string of the molecule is CC1CCCN(S(=O)(=O)N2CCC(NS(=O)(=O)c3cccs3)CC2)C1. The highest BCUT2D eigenvalue weighted by atomic mass is 32.2. The van der Waals surface area contributed by atoms with Crippen molar-refractivity contribution in [3.05, 3.63) is 17.5 Å². The van der Waals surface area contributed by atoms with E-state index in [1.54, 1.807) is 21.8 Å². The van der Waals surface area contributed by atoms with Crippen LogP contribution in [0.1, 0.15) is 32.6 Å². The van der Waals surface area contributed by atoms with Crippen LogP contribution in [0.4, 0.5) is 0 Å². The quantitative estimate of drug-likeness (QED) is 0.801. The number of rotatable bonds is 5. The second-order valence-electron chi connectivity index (χ2n) is 6.84. The van der Waals surface area contributed by atoms with Gasteiger partial charge in [0.1, 0.15) is 4.21 Å². The van der Waals surface area contributed by atoms with E-state index in [2.05, 4.69) is 11.6 Å². The van der Waals surface area contributed by atoms with Gasteiger partial charge in [0.05, 0.1) is 0 Å². The third-order valence-electron chi connectivity index (χ3n) is 4.81. The molecule has 25 heavy (non-hydrogen) atoms. The van der Waals surface area contributed by atoms with Crippen molar-refractivity contribution in [3.63, 3.8) is 0 Å². The summed E-state index contributed by atoms with van der Waals surface area (Å²) in [7, 11) is -6.94. The maximum Gasteiger partial charge on any atom is 0.281 e. The lowest BCUT2D eigenvalue weighted by atomic mass is 10.0. The highest BCUT2D eigenvalue weighted by Gasteiger charge is 2.35. The molecular formula is C15H25N3O4S3. The van der Waals surface area contributed by atoms with Crippen LogP contribution in [0.25, 0.3) is 0 Å². The molecule has 0 aromatic carbocycles. The zero-order valence-corrected chi connectivity index (χ0v) is 16.7. The highest BCUT2D eigenvalue weighted by molar-refractivity contribution is 7.91. The Balaban J connectivity index is 1.58. The number of hydrogen-bond acceptors (Lipinski definition) is 5. The number of sulfonamides is 1. The topological polar surface area (TPSA) is 86.8 Å². The summed E-state index contributed by atoms with van der Waals surface area (Å²) in [5.74, 6) is 0.388. The Bertz CT molecular complexity index is 769.